The number of carbonyl (C=O) groups excluding carboxylic acids is 1. The largest absolute Gasteiger partial charge is 0.303 e. The van der Waals surface area contributed by atoms with E-state index in [4.69, 9.17) is 0 Å². The Morgan fingerprint density at radius 1 is 1.33 bits per heavy atom. The molecular formula is C13H25NO. The normalized spacial score (nSPS) is 17.1. The van der Waals surface area contributed by atoms with Gasteiger partial charge in [0.05, 0.1) is 0 Å². The van der Waals surface area contributed by atoms with Crippen molar-refractivity contribution >= 4 is 5.78 Å². The summed E-state index contributed by atoms with van der Waals surface area (Å²) in [5, 5.41) is 0. The molecule has 1 saturated carbocycles. The number of Topliss-reactive ketones (excluding diaryl/α,β-unsaturated/α-hetero) is 1. The summed E-state index contributed by atoms with van der Waals surface area (Å²) in [6, 6.07) is 0. The molecule has 2 nitrogen and oxygen atoms in total. The van der Waals surface area contributed by atoms with Crippen LogP contribution in [-0.4, -0.2) is 30.3 Å². The zero-order valence-electron chi connectivity index (χ0n) is 10.7. The van der Waals surface area contributed by atoms with Crippen molar-refractivity contribution < 1.29 is 4.79 Å². The lowest BCUT2D eigenvalue weighted by atomic mass is 9.89. The maximum Gasteiger partial charge on any atom is 0.139 e. The van der Waals surface area contributed by atoms with E-state index in [2.05, 4.69) is 11.8 Å². The van der Waals surface area contributed by atoms with E-state index in [1.165, 1.54) is 19.4 Å². The quantitative estimate of drug-likeness (QED) is 0.673. The van der Waals surface area contributed by atoms with Gasteiger partial charge >= 0.3 is 0 Å². The van der Waals surface area contributed by atoms with Crippen molar-refractivity contribution in [1.82, 2.24) is 4.90 Å². The molecule has 0 N–H and O–H groups in total. The molecule has 0 saturated heterocycles. The average Bonchev–Trinajstić information content (AvgIpc) is 2.93. The SMILES string of the molecule is CCN(CCC(=O)C(C)(C)C)CC1CC1. The number of hydrogen-bond acceptors (Lipinski definition) is 2. The standard InChI is InChI=1S/C13H25NO/c1-5-14(10-11-6-7-11)9-8-12(15)13(2,3)4/h11H,5-10H2,1-4H3. The maximum atomic E-state index is 11.8. The predicted octanol–water partition coefficient (Wildman–Crippen LogP) is 2.72. The van der Waals surface area contributed by atoms with Gasteiger partial charge in [-0.05, 0) is 25.3 Å². The van der Waals surface area contributed by atoms with Crippen LogP contribution in [0.1, 0.15) is 47.0 Å². The molecule has 0 atom stereocenters. The summed E-state index contributed by atoms with van der Waals surface area (Å²) in [5.41, 5.74) is -0.168. The Hall–Kier alpha value is -0.370. The van der Waals surface area contributed by atoms with Crippen molar-refractivity contribution in [3.8, 4) is 0 Å². The summed E-state index contributed by atoms with van der Waals surface area (Å²) in [6.07, 6.45) is 3.50. The second-order valence-electron chi connectivity index (χ2n) is 5.76. The van der Waals surface area contributed by atoms with Crippen molar-refractivity contribution in [2.45, 2.75) is 47.0 Å². The highest BCUT2D eigenvalue weighted by atomic mass is 16.1. The van der Waals surface area contributed by atoms with Crippen molar-refractivity contribution in [2.75, 3.05) is 19.6 Å². The first kappa shape index (κ1) is 12.7. The van der Waals surface area contributed by atoms with E-state index in [1.54, 1.807) is 0 Å². The highest BCUT2D eigenvalue weighted by molar-refractivity contribution is 5.83. The average molecular weight is 211 g/mol. The van der Waals surface area contributed by atoms with Gasteiger partial charge in [0.25, 0.3) is 0 Å². The smallest absolute Gasteiger partial charge is 0.139 e. The molecule has 0 aromatic carbocycles. The van der Waals surface area contributed by atoms with Crippen LogP contribution < -0.4 is 0 Å². The van der Waals surface area contributed by atoms with Gasteiger partial charge in [-0.25, -0.2) is 0 Å². The van der Waals surface area contributed by atoms with Gasteiger partial charge < -0.3 is 4.90 Å². The van der Waals surface area contributed by atoms with Crippen LogP contribution >= 0.6 is 0 Å². The number of nitrogens with zero attached hydrogens (tertiary/aromatic N) is 1. The molecule has 0 radical (unpaired) electrons. The second kappa shape index (κ2) is 5.11. The molecular weight excluding hydrogens is 186 g/mol. The molecule has 0 aliphatic heterocycles. The molecule has 0 amide bonds. The lowest BCUT2D eigenvalue weighted by molar-refractivity contribution is -0.126. The van der Waals surface area contributed by atoms with Gasteiger partial charge in [0.1, 0.15) is 5.78 Å². The second-order valence-corrected chi connectivity index (χ2v) is 5.76. The first-order valence-corrected chi connectivity index (χ1v) is 6.19. The Kier molecular flexibility index (Phi) is 4.32. The zero-order chi connectivity index (χ0) is 11.5. The minimum atomic E-state index is -0.168. The third kappa shape index (κ3) is 4.78. The summed E-state index contributed by atoms with van der Waals surface area (Å²) >= 11 is 0. The number of ketones is 1. The van der Waals surface area contributed by atoms with Crippen LogP contribution in [0, 0.1) is 11.3 Å². The van der Waals surface area contributed by atoms with E-state index in [0.29, 0.717) is 12.2 Å². The van der Waals surface area contributed by atoms with Crippen molar-refractivity contribution in [3.05, 3.63) is 0 Å². The molecule has 1 rings (SSSR count). The van der Waals surface area contributed by atoms with Gasteiger partial charge in [-0.3, -0.25) is 4.79 Å². The summed E-state index contributed by atoms with van der Waals surface area (Å²) in [5.74, 6) is 1.31. The maximum absolute atomic E-state index is 11.8. The molecule has 0 unspecified atom stereocenters. The summed E-state index contributed by atoms with van der Waals surface area (Å²) in [6.45, 7) is 11.4. The van der Waals surface area contributed by atoms with E-state index in [0.717, 1.165) is 19.0 Å². The molecule has 0 aromatic heterocycles. The minimum Gasteiger partial charge on any atom is -0.303 e. The van der Waals surface area contributed by atoms with Crippen molar-refractivity contribution in [2.24, 2.45) is 11.3 Å². The van der Waals surface area contributed by atoms with Crippen LogP contribution in [0.2, 0.25) is 0 Å². The summed E-state index contributed by atoms with van der Waals surface area (Å²) < 4.78 is 0. The molecule has 0 aromatic rings. The third-order valence-corrected chi connectivity index (χ3v) is 3.15. The number of hydrogen-bond donors (Lipinski definition) is 0. The fourth-order valence-electron chi connectivity index (χ4n) is 1.68. The highest BCUT2D eigenvalue weighted by Crippen LogP contribution is 2.29. The van der Waals surface area contributed by atoms with Crippen molar-refractivity contribution in [3.63, 3.8) is 0 Å². The van der Waals surface area contributed by atoms with E-state index >= 15 is 0 Å². The van der Waals surface area contributed by atoms with Crippen LogP contribution in [0.4, 0.5) is 0 Å². The first-order chi connectivity index (χ1) is 6.93. The van der Waals surface area contributed by atoms with E-state index < -0.39 is 0 Å². The molecule has 1 fully saturated rings. The summed E-state index contributed by atoms with van der Waals surface area (Å²) in [7, 11) is 0. The monoisotopic (exact) mass is 211 g/mol. The fraction of sp³-hybridized carbons (Fsp3) is 0.923. The minimum absolute atomic E-state index is 0.168. The molecule has 88 valence electrons. The van der Waals surface area contributed by atoms with Gasteiger partial charge in [-0.1, -0.05) is 27.7 Å². The van der Waals surface area contributed by atoms with Gasteiger partial charge in [-0.15, -0.1) is 0 Å². The molecule has 1 aliphatic rings. The topological polar surface area (TPSA) is 20.3 Å². The number of carbonyl (C=O) groups is 1. The molecule has 15 heavy (non-hydrogen) atoms. The Bertz CT molecular complexity index is 213. The highest BCUT2D eigenvalue weighted by Gasteiger charge is 2.25. The predicted molar refractivity (Wildman–Crippen MR) is 63.9 cm³/mol. The number of rotatable bonds is 6. The van der Waals surface area contributed by atoms with Gasteiger partial charge in [-0.2, -0.15) is 0 Å². The summed E-state index contributed by atoms with van der Waals surface area (Å²) in [4.78, 5) is 14.2. The lowest BCUT2D eigenvalue weighted by Gasteiger charge is -2.22. The Balaban J connectivity index is 2.23. The third-order valence-electron chi connectivity index (χ3n) is 3.15. The lowest BCUT2D eigenvalue weighted by Crippen LogP contribution is -2.31. The van der Waals surface area contributed by atoms with Gasteiger partial charge in [0.2, 0.25) is 0 Å². The van der Waals surface area contributed by atoms with Gasteiger partial charge in [0.15, 0.2) is 0 Å². The fourth-order valence-corrected chi connectivity index (χ4v) is 1.68. The van der Waals surface area contributed by atoms with Gasteiger partial charge in [0, 0.05) is 24.9 Å². The Morgan fingerprint density at radius 2 is 1.93 bits per heavy atom. The molecule has 0 spiro atoms. The molecule has 2 heteroatoms. The van der Waals surface area contributed by atoms with Crippen LogP contribution in [0.15, 0.2) is 0 Å². The Labute approximate surface area is 94.0 Å². The molecule has 0 bridgehead atoms. The van der Waals surface area contributed by atoms with E-state index in [1.807, 2.05) is 20.8 Å². The van der Waals surface area contributed by atoms with Crippen LogP contribution in [0.25, 0.3) is 0 Å². The Morgan fingerprint density at radius 3 is 2.33 bits per heavy atom. The van der Waals surface area contributed by atoms with Crippen LogP contribution in [0.5, 0.6) is 0 Å². The van der Waals surface area contributed by atoms with Crippen LogP contribution in [0.3, 0.4) is 0 Å². The molecule has 1 aliphatic carbocycles. The first-order valence-electron chi connectivity index (χ1n) is 6.19. The van der Waals surface area contributed by atoms with Crippen molar-refractivity contribution in [1.29, 1.82) is 0 Å². The molecule has 0 heterocycles. The van der Waals surface area contributed by atoms with Crippen LogP contribution in [-0.2, 0) is 4.79 Å². The van der Waals surface area contributed by atoms with E-state index in [9.17, 15) is 4.79 Å². The van der Waals surface area contributed by atoms with E-state index in [-0.39, 0.29) is 5.41 Å². The zero-order valence-corrected chi connectivity index (χ0v) is 10.7.